The molecule has 3 aromatic rings. The molecule has 0 fully saturated rings. The van der Waals surface area contributed by atoms with E-state index in [-0.39, 0.29) is 17.4 Å². The molecule has 3 rings (SSSR count). The highest BCUT2D eigenvalue weighted by molar-refractivity contribution is 6.09. The molecule has 0 aliphatic carbocycles. The predicted molar refractivity (Wildman–Crippen MR) is 96.1 cm³/mol. The van der Waals surface area contributed by atoms with E-state index in [0.717, 1.165) is 0 Å². The maximum atomic E-state index is 12.9. The molecule has 0 saturated heterocycles. The van der Waals surface area contributed by atoms with Crippen LogP contribution in [0.3, 0.4) is 0 Å². The third-order valence-electron chi connectivity index (χ3n) is 3.55. The highest BCUT2D eigenvalue weighted by atomic mass is 19.1. The maximum absolute atomic E-state index is 12.9. The van der Waals surface area contributed by atoms with E-state index in [0.29, 0.717) is 28.4 Å². The summed E-state index contributed by atoms with van der Waals surface area (Å²) in [6.45, 7) is 0. The zero-order valence-electron chi connectivity index (χ0n) is 13.2. The summed E-state index contributed by atoms with van der Waals surface area (Å²) in [6.07, 6.45) is 0. The van der Waals surface area contributed by atoms with E-state index in [1.807, 2.05) is 0 Å². The van der Waals surface area contributed by atoms with Gasteiger partial charge in [-0.3, -0.25) is 4.79 Å². The van der Waals surface area contributed by atoms with E-state index in [1.54, 1.807) is 42.5 Å². The molecule has 3 aromatic carbocycles. The van der Waals surface area contributed by atoms with Gasteiger partial charge in [-0.15, -0.1) is 0 Å². The molecule has 1 amide bonds. The molecule has 25 heavy (non-hydrogen) atoms. The minimum Gasteiger partial charge on any atom is -0.457 e. The Hall–Kier alpha value is -3.54. The van der Waals surface area contributed by atoms with Gasteiger partial charge in [0.25, 0.3) is 5.91 Å². The Balaban J connectivity index is 1.69. The van der Waals surface area contributed by atoms with E-state index < -0.39 is 0 Å². The SMILES string of the molecule is Nc1cccc(C(=O)Nc2ccc(Oc3ccc(F)cc3)cc2)c1N. The van der Waals surface area contributed by atoms with Crippen molar-refractivity contribution in [1.29, 1.82) is 0 Å². The van der Waals surface area contributed by atoms with Gasteiger partial charge < -0.3 is 21.5 Å². The topological polar surface area (TPSA) is 90.4 Å². The van der Waals surface area contributed by atoms with E-state index >= 15 is 0 Å². The number of halogens is 1. The number of nitrogen functional groups attached to an aromatic ring is 2. The number of carbonyl (C=O) groups is 1. The van der Waals surface area contributed by atoms with Crippen molar-refractivity contribution in [1.82, 2.24) is 0 Å². The lowest BCUT2D eigenvalue weighted by Crippen LogP contribution is -2.14. The quantitative estimate of drug-likeness (QED) is 0.627. The summed E-state index contributed by atoms with van der Waals surface area (Å²) in [5, 5.41) is 2.75. The van der Waals surface area contributed by atoms with Crippen LogP contribution in [0.5, 0.6) is 11.5 Å². The van der Waals surface area contributed by atoms with Crippen molar-refractivity contribution in [2.75, 3.05) is 16.8 Å². The van der Waals surface area contributed by atoms with Crippen LogP contribution in [-0.2, 0) is 0 Å². The lowest BCUT2D eigenvalue weighted by atomic mass is 10.1. The summed E-state index contributed by atoms with van der Waals surface area (Å²) in [7, 11) is 0. The molecule has 0 radical (unpaired) electrons. The summed E-state index contributed by atoms with van der Waals surface area (Å²) in [6, 6.07) is 17.4. The van der Waals surface area contributed by atoms with Crippen molar-refractivity contribution in [2.45, 2.75) is 0 Å². The largest absolute Gasteiger partial charge is 0.457 e. The molecular weight excluding hydrogens is 321 g/mol. The normalized spacial score (nSPS) is 10.3. The van der Waals surface area contributed by atoms with Crippen molar-refractivity contribution in [3.8, 4) is 11.5 Å². The molecule has 0 atom stereocenters. The summed E-state index contributed by atoms with van der Waals surface area (Å²) in [4.78, 5) is 12.3. The number of amides is 1. The number of ether oxygens (including phenoxy) is 1. The van der Waals surface area contributed by atoms with Crippen molar-refractivity contribution < 1.29 is 13.9 Å². The number of rotatable bonds is 4. The fraction of sp³-hybridized carbons (Fsp3) is 0. The molecule has 0 saturated carbocycles. The molecule has 0 aliphatic heterocycles. The summed E-state index contributed by atoms with van der Waals surface area (Å²) in [5.41, 5.74) is 13.0. The van der Waals surface area contributed by atoms with Gasteiger partial charge >= 0.3 is 0 Å². The maximum Gasteiger partial charge on any atom is 0.257 e. The van der Waals surface area contributed by atoms with E-state index in [4.69, 9.17) is 16.2 Å². The molecule has 0 heterocycles. The first-order valence-electron chi connectivity index (χ1n) is 7.52. The standard InChI is InChI=1S/C19H16FN3O2/c20-12-4-8-14(9-5-12)25-15-10-6-13(7-11-15)23-19(24)16-2-1-3-17(21)18(16)22/h1-11H,21-22H2,(H,23,24). The van der Waals surface area contributed by atoms with Gasteiger partial charge in [-0.1, -0.05) is 6.07 Å². The predicted octanol–water partition coefficient (Wildman–Crippen LogP) is 4.03. The molecule has 5 nitrogen and oxygen atoms in total. The molecule has 126 valence electrons. The molecule has 5 N–H and O–H groups in total. The first kappa shape index (κ1) is 16.3. The third-order valence-corrected chi connectivity index (χ3v) is 3.55. The highest BCUT2D eigenvalue weighted by Crippen LogP contribution is 2.24. The number of benzene rings is 3. The van der Waals surface area contributed by atoms with Crippen molar-refractivity contribution >= 4 is 23.0 Å². The Morgan fingerprint density at radius 3 is 2.12 bits per heavy atom. The molecule has 0 spiro atoms. The van der Waals surface area contributed by atoms with Gasteiger partial charge in [0, 0.05) is 5.69 Å². The zero-order chi connectivity index (χ0) is 17.8. The lowest BCUT2D eigenvalue weighted by Gasteiger charge is -2.10. The van der Waals surface area contributed by atoms with Gasteiger partial charge in [-0.2, -0.15) is 0 Å². The van der Waals surface area contributed by atoms with Crippen molar-refractivity contribution in [3.05, 3.63) is 78.1 Å². The summed E-state index contributed by atoms with van der Waals surface area (Å²) >= 11 is 0. The van der Waals surface area contributed by atoms with Gasteiger partial charge in [0.2, 0.25) is 0 Å². The Morgan fingerprint density at radius 1 is 0.880 bits per heavy atom. The first-order valence-corrected chi connectivity index (χ1v) is 7.52. The number of hydrogen-bond acceptors (Lipinski definition) is 4. The van der Waals surface area contributed by atoms with Crippen LogP contribution in [0.1, 0.15) is 10.4 Å². The van der Waals surface area contributed by atoms with E-state index in [1.165, 1.54) is 24.3 Å². The number of nitrogens with one attached hydrogen (secondary N) is 1. The number of hydrogen-bond donors (Lipinski definition) is 3. The smallest absolute Gasteiger partial charge is 0.257 e. The van der Waals surface area contributed by atoms with Gasteiger partial charge in [-0.05, 0) is 60.7 Å². The van der Waals surface area contributed by atoms with E-state index in [2.05, 4.69) is 5.32 Å². The average Bonchev–Trinajstić information content (AvgIpc) is 2.61. The minimum atomic E-state index is -0.350. The Labute approximate surface area is 144 Å². The van der Waals surface area contributed by atoms with Crippen LogP contribution >= 0.6 is 0 Å². The Bertz CT molecular complexity index is 894. The van der Waals surface area contributed by atoms with Crippen LogP contribution in [0, 0.1) is 5.82 Å². The van der Waals surface area contributed by atoms with Crippen LogP contribution in [0.4, 0.5) is 21.5 Å². The molecule has 0 bridgehead atoms. The molecule has 0 aromatic heterocycles. The minimum absolute atomic E-state index is 0.247. The van der Waals surface area contributed by atoms with Crippen molar-refractivity contribution in [2.24, 2.45) is 0 Å². The van der Waals surface area contributed by atoms with Gasteiger partial charge in [-0.25, -0.2) is 4.39 Å². The van der Waals surface area contributed by atoms with Crippen LogP contribution in [0.25, 0.3) is 0 Å². The Kier molecular flexibility index (Phi) is 4.52. The lowest BCUT2D eigenvalue weighted by molar-refractivity contribution is 0.102. The number of anilines is 3. The summed E-state index contributed by atoms with van der Waals surface area (Å²) < 4.78 is 18.5. The highest BCUT2D eigenvalue weighted by Gasteiger charge is 2.11. The average molecular weight is 337 g/mol. The second-order valence-electron chi connectivity index (χ2n) is 5.34. The van der Waals surface area contributed by atoms with Crippen LogP contribution in [0.2, 0.25) is 0 Å². The Morgan fingerprint density at radius 2 is 1.48 bits per heavy atom. The second-order valence-corrected chi connectivity index (χ2v) is 5.34. The second kappa shape index (κ2) is 6.92. The molecule has 0 aliphatic rings. The molecular formula is C19H16FN3O2. The molecule has 6 heteroatoms. The molecule has 0 unspecified atom stereocenters. The number of nitrogens with two attached hydrogens (primary N) is 2. The third kappa shape index (κ3) is 3.87. The number of carbonyl (C=O) groups excluding carboxylic acids is 1. The van der Waals surface area contributed by atoms with Gasteiger partial charge in [0.15, 0.2) is 0 Å². The number of para-hydroxylation sites is 1. The van der Waals surface area contributed by atoms with Crippen molar-refractivity contribution in [3.63, 3.8) is 0 Å². The van der Waals surface area contributed by atoms with Gasteiger partial charge in [0.1, 0.15) is 17.3 Å². The monoisotopic (exact) mass is 337 g/mol. The van der Waals surface area contributed by atoms with Gasteiger partial charge in [0.05, 0.1) is 16.9 Å². The fourth-order valence-electron chi connectivity index (χ4n) is 2.22. The first-order chi connectivity index (χ1) is 12.0. The summed E-state index contributed by atoms with van der Waals surface area (Å²) in [5.74, 6) is 0.405. The van der Waals surface area contributed by atoms with Crippen LogP contribution in [0.15, 0.2) is 66.7 Å². The fourth-order valence-corrected chi connectivity index (χ4v) is 2.22. The van der Waals surface area contributed by atoms with Crippen LogP contribution < -0.4 is 21.5 Å². The zero-order valence-corrected chi connectivity index (χ0v) is 13.2. The van der Waals surface area contributed by atoms with E-state index in [9.17, 15) is 9.18 Å². The van der Waals surface area contributed by atoms with Crippen LogP contribution in [-0.4, -0.2) is 5.91 Å².